The van der Waals surface area contributed by atoms with Crippen molar-refractivity contribution in [1.29, 1.82) is 0 Å². The van der Waals surface area contributed by atoms with Crippen molar-refractivity contribution in [3.8, 4) is 0 Å². The summed E-state index contributed by atoms with van der Waals surface area (Å²) in [4.78, 5) is 0. The molecule has 156 valence electrons. The second-order valence-corrected chi connectivity index (χ2v) is 7.36. The average Bonchev–Trinajstić information content (AvgIpc) is 2.65. The highest BCUT2D eigenvalue weighted by Crippen LogP contribution is 2.09. The van der Waals surface area contributed by atoms with Gasteiger partial charge < -0.3 is 9.84 Å². The Kier molecular flexibility index (Phi) is 20.3. The number of unbranched alkanes of at least 4 members (excludes halogenated alkanes) is 5. The molecule has 2 heteroatoms. The molecule has 27 heavy (non-hydrogen) atoms. The third kappa shape index (κ3) is 21.0. The highest BCUT2D eigenvalue weighted by atomic mass is 16.5. The predicted octanol–water partition coefficient (Wildman–Crippen LogP) is 7.31. The van der Waals surface area contributed by atoms with E-state index in [0.717, 1.165) is 44.9 Å². The van der Waals surface area contributed by atoms with Crippen LogP contribution in [-0.2, 0) is 4.74 Å². The van der Waals surface area contributed by atoms with Crippen LogP contribution in [0.4, 0.5) is 0 Å². The first-order valence-corrected chi connectivity index (χ1v) is 11.1. The van der Waals surface area contributed by atoms with Crippen molar-refractivity contribution in [3.05, 3.63) is 48.6 Å². The predicted molar refractivity (Wildman–Crippen MR) is 120 cm³/mol. The maximum Gasteiger partial charge on any atom is 0.0809 e. The number of ether oxygens (including phenoxy) is 1. The van der Waals surface area contributed by atoms with Gasteiger partial charge in [-0.15, -0.1) is 0 Å². The van der Waals surface area contributed by atoms with E-state index in [0.29, 0.717) is 0 Å². The second kappa shape index (κ2) is 21.2. The standard InChI is InChI=1S/C25H44O2/c1-4-5-6-7-8-9-10-11-12-13-14-15-16-17-18-19-20-21-22-25(23-26)27-24(2)3/h8-9,11-12,14-15,17-18,24-26H,4-7,10,13,16,19-23H2,1-3H3/b9-8-,12-11-,15-14-,18-17-. The maximum absolute atomic E-state index is 9.26. The van der Waals surface area contributed by atoms with Gasteiger partial charge in [-0.2, -0.15) is 0 Å². The van der Waals surface area contributed by atoms with E-state index in [1.807, 2.05) is 13.8 Å². The van der Waals surface area contributed by atoms with Crippen molar-refractivity contribution in [2.75, 3.05) is 6.61 Å². The Morgan fingerprint density at radius 3 is 1.63 bits per heavy atom. The van der Waals surface area contributed by atoms with E-state index in [1.165, 1.54) is 25.7 Å². The Morgan fingerprint density at radius 1 is 0.704 bits per heavy atom. The summed E-state index contributed by atoms with van der Waals surface area (Å²) in [5.41, 5.74) is 0. The Hall–Kier alpha value is -1.12. The Bertz CT molecular complexity index is 405. The van der Waals surface area contributed by atoms with E-state index >= 15 is 0 Å². The molecule has 0 aliphatic rings. The monoisotopic (exact) mass is 376 g/mol. The van der Waals surface area contributed by atoms with Crippen LogP contribution in [0.3, 0.4) is 0 Å². The number of aliphatic hydroxyl groups is 1. The molecule has 0 fully saturated rings. The molecule has 2 nitrogen and oxygen atoms in total. The lowest BCUT2D eigenvalue weighted by molar-refractivity contribution is -0.0280. The van der Waals surface area contributed by atoms with Gasteiger partial charge in [0, 0.05) is 0 Å². The average molecular weight is 377 g/mol. The van der Waals surface area contributed by atoms with Crippen LogP contribution >= 0.6 is 0 Å². The van der Waals surface area contributed by atoms with Crippen LogP contribution in [0.2, 0.25) is 0 Å². The smallest absolute Gasteiger partial charge is 0.0809 e. The number of hydrogen-bond donors (Lipinski definition) is 1. The van der Waals surface area contributed by atoms with Gasteiger partial charge in [-0.1, -0.05) is 74.8 Å². The summed E-state index contributed by atoms with van der Waals surface area (Å²) in [6.45, 7) is 6.40. The van der Waals surface area contributed by atoms with Crippen LogP contribution in [0.1, 0.15) is 91.4 Å². The van der Waals surface area contributed by atoms with E-state index in [4.69, 9.17) is 4.74 Å². The van der Waals surface area contributed by atoms with Crippen molar-refractivity contribution in [2.24, 2.45) is 0 Å². The highest BCUT2D eigenvalue weighted by molar-refractivity contribution is 4.99. The third-order valence-electron chi connectivity index (χ3n) is 4.27. The first kappa shape index (κ1) is 25.9. The zero-order chi connectivity index (χ0) is 20.0. The van der Waals surface area contributed by atoms with Gasteiger partial charge in [-0.25, -0.2) is 0 Å². The molecular weight excluding hydrogens is 332 g/mol. The van der Waals surface area contributed by atoms with E-state index in [1.54, 1.807) is 0 Å². The van der Waals surface area contributed by atoms with Crippen LogP contribution in [0.5, 0.6) is 0 Å². The van der Waals surface area contributed by atoms with E-state index < -0.39 is 0 Å². The van der Waals surface area contributed by atoms with Gasteiger partial charge in [-0.3, -0.25) is 0 Å². The lowest BCUT2D eigenvalue weighted by Crippen LogP contribution is -2.21. The molecule has 1 atom stereocenters. The molecule has 0 aromatic carbocycles. The van der Waals surface area contributed by atoms with Crippen molar-refractivity contribution >= 4 is 0 Å². The fraction of sp³-hybridized carbons (Fsp3) is 0.680. The molecule has 0 rings (SSSR count). The number of rotatable bonds is 18. The molecule has 0 aromatic heterocycles. The molecule has 1 N–H and O–H groups in total. The fourth-order valence-corrected chi connectivity index (χ4v) is 2.78. The largest absolute Gasteiger partial charge is 0.394 e. The fourth-order valence-electron chi connectivity index (χ4n) is 2.78. The molecule has 0 heterocycles. The van der Waals surface area contributed by atoms with Gasteiger partial charge in [0.1, 0.15) is 0 Å². The van der Waals surface area contributed by atoms with Gasteiger partial charge in [0.15, 0.2) is 0 Å². The number of hydrogen-bond acceptors (Lipinski definition) is 2. The topological polar surface area (TPSA) is 29.5 Å². The summed E-state index contributed by atoms with van der Waals surface area (Å²) in [7, 11) is 0. The molecular formula is C25H44O2. The Balaban J connectivity index is 3.51. The molecule has 0 saturated heterocycles. The molecule has 0 spiro atoms. The molecule has 0 aromatic rings. The summed E-state index contributed by atoms with van der Waals surface area (Å²) in [5.74, 6) is 0. The lowest BCUT2D eigenvalue weighted by atomic mass is 10.1. The molecule has 0 aliphatic carbocycles. The van der Waals surface area contributed by atoms with Crippen LogP contribution < -0.4 is 0 Å². The Morgan fingerprint density at radius 2 is 1.19 bits per heavy atom. The summed E-state index contributed by atoms with van der Waals surface area (Å²) < 4.78 is 5.65. The zero-order valence-corrected chi connectivity index (χ0v) is 18.1. The summed E-state index contributed by atoms with van der Waals surface area (Å²) in [6.07, 6.45) is 30.9. The lowest BCUT2D eigenvalue weighted by Gasteiger charge is -2.17. The Labute approximate surface area is 169 Å². The van der Waals surface area contributed by atoms with Crippen molar-refractivity contribution in [1.82, 2.24) is 0 Å². The van der Waals surface area contributed by atoms with Crippen LogP contribution in [0.25, 0.3) is 0 Å². The first-order valence-electron chi connectivity index (χ1n) is 11.1. The zero-order valence-electron chi connectivity index (χ0n) is 18.1. The normalized spacial score (nSPS) is 14.0. The maximum atomic E-state index is 9.26. The molecule has 0 aliphatic heterocycles. The second-order valence-electron chi connectivity index (χ2n) is 7.36. The molecule has 0 bridgehead atoms. The summed E-state index contributed by atoms with van der Waals surface area (Å²) in [6, 6.07) is 0. The van der Waals surface area contributed by atoms with E-state index in [2.05, 4.69) is 55.5 Å². The molecule has 0 amide bonds. The van der Waals surface area contributed by atoms with Crippen molar-refractivity contribution < 1.29 is 9.84 Å². The van der Waals surface area contributed by atoms with Crippen LogP contribution in [-0.4, -0.2) is 23.9 Å². The highest BCUT2D eigenvalue weighted by Gasteiger charge is 2.08. The molecule has 0 saturated carbocycles. The summed E-state index contributed by atoms with van der Waals surface area (Å²) >= 11 is 0. The SMILES string of the molecule is CCCCC/C=C\C/C=C\C/C=C\C/C=C\CCCCC(CO)OC(C)C. The van der Waals surface area contributed by atoms with E-state index in [-0.39, 0.29) is 18.8 Å². The molecule has 1 unspecified atom stereocenters. The van der Waals surface area contributed by atoms with Crippen molar-refractivity contribution in [2.45, 2.75) is 104 Å². The minimum absolute atomic E-state index is 0.00140. The van der Waals surface area contributed by atoms with Crippen molar-refractivity contribution in [3.63, 3.8) is 0 Å². The molecule has 0 radical (unpaired) electrons. The van der Waals surface area contributed by atoms with Crippen LogP contribution in [0, 0.1) is 0 Å². The van der Waals surface area contributed by atoms with Gasteiger partial charge >= 0.3 is 0 Å². The van der Waals surface area contributed by atoms with Gasteiger partial charge in [0.2, 0.25) is 0 Å². The van der Waals surface area contributed by atoms with Gasteiger partial charge in [0.05, 0.1) is 18.8 Å². The third-order valence-corrected chi connectivity index (χ3v) is 4.27. The summed E-state index contributed by atoms with van der Waals surface area (Å²) in [5, 5.41) is 9.26. The number of aliphatic hydroxyl groups excluding tert-OH is 1. The minimum atomic E-state index is 0.00140. The minimum Gasteiger partial charge on any atom is -0.394 e. The number of allylic oxidation sites excluding steroid dienone is 8. The van der Waals surface area contributed by atoms with Gasteiger partial charge in [0.25, 0.3) is 0 Å². The van der Waals surface area contributed by atoms with E-state index in [9.17, 15) is 5.11 Å². The van der Waals surface area contributed by atoms with Crippen LogP contribution in [0.15, 0.2) is 48.6 Å². The van der Waals surface area contributed by atoms with Gasteiger partial charge in [-0.05, 0) is 65.2 Å². The quantitative estimate of drug-likeness (QED) is 0.201. The first-order chi connectivity index (χ1) is 13.2.